The van der Waals surface area contributed by atoms with Gasteiger partial charge in [-0.15, -0.1) is 11.3 Å². The lowest BCUT2D eigenvalue weighted by molar-refractivity contribution is -0.109. The number of rotatable bonds is 5. The molecule has 28 heavy (non-hydrogen) atoms. The quantitative estimate of drug-likeness (QED) is 0.697. The lowest BCUT2D eigenvalue weighted by atomic mass is 9.78. The fourth-order valence-corrected chi connectivity index (χ4v) is 4.40. The van der Waals surface area contributed by atoms with Gasteiger partial charge in [0.25, 0.3) is 0 Å². The molecule has 148 valence electrons. The molecule has 1 aromatic carbocycles. The molecule has 0 amide bonds. The Morgan fingerprint density at radius 1 is 1.21 bits per heavy atom. The lowest BCUT2D eigenvalue weighted by Crippen LogP contribution is -2.41. The van der Waals surface area contributed by atoms with Gasteiger partial charge in [-0.1, -0.05) is 30.0 Å². The van der Waals surface area contributed by atoms with Crippen LogP contribution in [0, 0.1) is 0 Å². The van der Waals surface area contributed by atoms with Crippen LogP contribution < -0.4 is 0 Å². The molecule has 0 unspecified atom stereocenters. The van der Waals surface area contributed by atoms with Crippen molar-refractivity contribution in [2.75, 3.05) is 5.75 Å². The largest absolute Gasteiger partial charge is 0.491 e. The van der Waals surface area contributed by atoms with E-state index in [0.29, 0.717) is 10.6 Å². The average molecular weight is 418 g/mol. The van der Waals surface area contributed by atoms with Crippen molar-refractivity contribution >= 4 is 57.5 Å². The summed E-state index contributed by atoms with van der Waals surface area (Å²) in [4.78, 5) is 23.2. The molecule has 1 fully saturated rings. The summed E-state index contributed by atoms with van der Waals surface area (Å²) >= 11 is 2.45. The molecule has 0 radical (unpaired) electrons. The molecule has 3 rings (SSSR count). The second-order valence-electron chi connectivity index (χ2n) is 7.76. The fourth-order valence-electron chi connectivity index (χ4n) is 2.87. The summed E-state index contributed by atoms with van der Waals surface area (Å²) in [6, 6.07) is 7.43. The molecule has 2 aromatic rings. The van der Waals surface area contributed by atoms with Gasteiger partial charge in [0.2, 0.25) is 0 Å². The van der Waals surface area contributed by atoms with Gasteiger partial charge in [-0.05, 0) is 50.9 Å². The maximum Gasteiger partial charge on any atom is 0.491 e. The number of carboxylic acid groups (broad SMARTS) is 1. The summed E-state index contributed by atoms with van der Waals surface area (Å²) in [5.74, 6) is -0.493. The van der Waals surface area contributed by atoms with E-state index in [-0.39, 0.29) is 5.12 Å². The molecule has 5 nitrogen and oxygen atoms in total. The zero-order valence-electron chi connectivity index (χ0n) is 16.6. The molecule has 1 aliphatic rings. The number of benzene rings is 1. The van der Waals surface area contributed by atoms with E-state index in [1.165, 1.54) is 30.0 Å². The zero-order valence-corrected chi connectivity index (χ0v) is 18.2. The molecular formula is C20H23BO5S2. The van der Waals surface area contributed by atoms with Crippen molar-refractivity contribution < 1.29 is 24.0 Å². The summed E-state index contributed by atoms with van der Waals surface area (Å²) in [7, 11) is -0.565. The first kappa shape index (κ1) is 21.1. The van der Waals surface area contributed by atoms with Crippen molar-refractivity contribution in [2.24, 2.45) is 0 Å². The number of hydrogen-bond donors (Lipinski definition) is 1. The number of hydrogen-bond acceptors (Lipinski definition) is 6. The van der Waals surface area contributed by atoms with Crippen LogP contribution in [0.25, 0.3) is 16.2 Å². The molecule has 0 aliphatic carbocycles. The normalized spacial score (nSPS) is 18.6. The molecule has 8 heteroatoms. The Hall–Kier alpha value is -1.61. The summed E-state index contributed by atoms with van der Waals surface area (Å²) in [5.41, 5.74) is 0.759. The highest BCUT2D eigenvalue weighted by molar-refractivity contribution is 8.13. The van der Waals surface area contributed by atoms with Crippen molar-refractivity contribution in [3.8, 4) is 0 Å². The minimum Gasteiger partial charge on any atom is -0.477 e. The summed E-state index contributed by atoms with van der Waals surface area (Å²) in [5, 5.41) is 10.2. The minimum absolute atomic E-state index is 0.0179. The van der Waals surface area contributed by atoms with Gasteiger partial charge in [-0.2, -0.15) is 0 Å². The van der Waals surface area contributed by atoms with Gasteiger partial charge in [0.1, 0.15) is 4.88 Å². The molecule has 0 bridgehead atoms. The van der Waals surface area contributed by atoms with E-state index in [1.54, 1.807) is 6.07 Å². The monoisotopic (exact) mass is 418 g/mol. The maximum absolute atomic E-state index is 11.6. The van der Waals surface area contributed by atoms with Crippen LogP contribution in [0.1, 0.15) is 49.9 Å². The number of aromatic carboxylic acids is 1. The Balaban J connectivity index is 2.04. The van der Waals surface area contributed by atoms with Crippen LogP contribution in [-0.2, 0) is 14.1 Å². The Morgan fingerprint density at radius 2 is 1.86 bits per heavy atom. The van der Waals surface area contributed by atoms with Gasteiger partial charge >= 0.3 is 13.1 Å². The van der Waals surface area contributed by atoms with Crippen molar-refractivity contribution in [3.63, 3.8) is 0 Å². The second-order valence-corrected chi connectivity index (χ2v) is 10.00. The Bertz CT molecular complexity index is 945. The van der Waals surface area contributed by atoms with E-state index < -0.39 is 24.3 Å². The third-order valence-corrected chi connectivity index (χ3v) is 7.12. The van der Waals surface area contributed by atoms with Crippen LogP contribution in [-0.4, -0.2) is 40.3 Å². The van der Waals surface area contributed by atoms with Crippen LogP contribution in [0.15, 0.2) is 29.7 Å². The van der Waals surface area contributed by atoms with Gasteiger partial charge in [0, 0.05) is 22.8 Å². The second kappa shape index (κ2) is 7.67. The smallest absolute Gasteiger partial charge is 0.477 e. The predicted molar refractivity (Wildman–Crippen MR) is 116 cm³/mol. The third-order valence-electron chi connectivity index (χ3n) is 5.14. The lowest BCUT2D eigenvalue weighted by Gasteiger charge is -2.32. The van der Waals surface area contributed by atoms with E-state index in [0.717, 1.165) is 21.1 Å². The van der Waals surface area contributed by atoms with Crippen LogP contribution in [0.3, 0.4) is 0 Å². The predicted octanol–water partition coefficient (Wildman–Crippen LogP) is 4.89. The van der Waals surface area contributed by atoms with E-state index >= 15 is 0 Å². The van der Waals surface area contributed by atoms with Gasteiger partial charge in [-0.25, -0.2) is 4.79 Å². The molecule has 2 heterocycles. The Labute approximate surface area is 173 Å². The van der Waals surface area contributed by atoms with E-state index in [1.807, 2.05) is 52.0 Å². The number of carbonyl (C=O) groups excluding carboxylic acids is 1. The standard InChI is InChI=1S/C20H23BO5S2/c1-12(22)27-11-14(21-25-19(2,3)20(4,5)26-21)9-13-7-6-8-16-15(13)10-17(28-16)18(23)24/h6-10H,11H2,1-5H3,(H,23,24). The van der Waals surface area contributed by atoms with Gasteiger partial charge in [-0.3, -0.25) is 4.79 Å². The number of carboxylic acids is 1. The van der Waals surface area contributed by atoms with Crippen molar-refractivity contribution in [1.29, 1.82) is 0 Å². The van der Waals surface area contributed by atoms with Crippen LogP contribution in [0.4, 0.5) is 0 Å². The fraction of sp³-hybridized carbons (Fsp3) is 0.400. The molecule has 1 N–H and O–H groups in total. The summed E-state index contributed by atoms with van der Waals surface area (Å²) < 4.78 is 13.3. The van der Waals surface area contributed by atoms with E-state index in [4.69, 9.17) is 9.31 Å². The molecule has 1 aromatic heterocycles. The molecule has 1 aliphatic heterocycles. The van der Waals surface area contributed by atoms with Gasteiger partial charge < -0.3 is 14.4 Å². The number of carbonyl (C=O) groups is 2. The Morgan fingerprint density at radius 3 is 2.43 bits per heavy atom. The topological polar surface area (TPSA) is 72.8 Å². The average Bonchev–Trinajstić information content (AvgIpc) is 3.10. The molecule has 0 atom stereocenters. The molecule has 0 saturated carbocycles. The first-order valence-electron chi connectivity index (χ1n) is 8.95. The van der Waals surface area contributed by atoms with E-state index in [2.05, 4.69) is 0 Å². The maximum atomic E-state index is 11.6. The molecule has 0 spiro atoms. The number of thiophene rings is 1. The first-order valence-corrected chi connectivity index (χ1v) is 10.8. The van der Waals surface area contributed by atoms with Crippen LogP contribution in [0.2, 0.25) is 0 Å². The summed E-state index contributed by atoms with van der Waals surface area (Å²) in [6.45, 7) is 9.48. The minimum atomic E-state index is -0.936. The highest BCUT2D eigenvalue weighted by Crippen LogP contribution is 2.40. The van der Waals surface area contributed by atoms with Gasteiger partial charge in [0.05, 0.1) is 11.2 Å². The number of thioether (sulfide) groups is 1. The van der Waals surface area contributed by atoms with Crippen LogP contribution in [0.5, 0.6) is 0 Å². The molecular weight excluding hydrogens is 395 g/mol. The third kappa shape index (κ3) is 4.20. The summed E-state index contributed by atoms with van der Waals surface area (Å²) in [6.07, 6.45) is 1.96. The first-order chi connectivity index (χ1) is 13.0. The molecule has 1 saturated heterocycles. The van der Waals surface area contributed by atoms with Crippen molar-refractivity contribution in [1.82, 2.24) is 0 Å². The van der Waals surface area contributed by atoms with Crippen molar-refractivity contribution in [3.05, 3.63) is 40.2 Å². The number of fused-ring (bicyclic) bond motifs is 1. The highest BCUT2D eigenvalue weighted by atomic mass is 32.2. The highest BCUT2D eigenvalue weighted by Gasteiger charge is 2.52. The van der Waals surface area contributed by atoms with Gasteiger partial charge in [0.15, 0.2) is 5.12 Å². The SMILES string of the molecule is CC(=O)SCC(=Cc1cccc2sc(C(=O)O)cc12)B1OC(C)(C)C(C)(C)O1. The zero-order chi connectivity index (χ0) is 20.7. The Kier molecular flexibility index (Phi) is 5.78. The van der Waals surface area contributed by atoms with E-state index in [9.17, 15) is 14.7 Å². The van der Waals surface area contributed by atoms with Crippen molar-refractivity contribution in [2.45, 2.75) is 45.8 Å². The van der Waals surface area contributed by atoms with Crippen LogP contribution >= 0.6 is 23.1 Å².